The molecule has 16 rings (SSSR count). The topological polar surface area (TPSA) is 246 Å². The third kappa shape index (κ3) is 18.9. The fourth-order valence-corrected chi connectivity index (χ4v) is 16.0. The van der Waals surface area contributed by atoms with Gasteiger partial charge >= 0.3 is 0 Å². The van der Waals surface area contributed by atoms with Crippen LogP contribution in [0.3, 0.4) is 0 Å². The summed E-state index contributed by atoms with van der Waals surface area (Å²) in [6.45, 7) is 20.6. The molecule has 8 atom stereocenters. The Labute approximate surface area is 609 Å². The van der Waals surface area contributed by atoms with Gasteiger partial charge in [0.25, 0.3) is 22.2 Å². The summed E-state index contributed by atoms with van der Waals surface area (Å²) in [7, 11) is 0. The Kier molecular flexibility index (Phi) is 24.8. The lowest BCUT2D eigenvalue weighted by Crippen LogP contribution is -2.45. The van der Waals surface area contributed by atoms with Gasteiger partial charge in [0.2, 0.25) is 23.8 Å². The van der Waals surface area contributed by atoms with E-state index in [1.165, 1.54) is 22.3 Å². The number of ether oxygens (including phenoxy) is 4. The van der Waals surface area contributed by atoms with Crippen LogP contribution in [0.1, 0.15) is 101 Å². The van der Waals surface area contributed by atoms with E-state index in [9.17, 15) is 19.2 Å². The number of nitrogens with one attached hydrogen (secondary N) is 4. The third-order valence-corrected chi connectivity index (χ3v) is 21.4. The summed E-state index contributed by atoms with van der Waals surface area (Å²) in [5.74, 6) is 5.81. The van der Waals surface area contributed by atoms with Gasteiger partial charge in [0.1, 0.15) is 23.3 Å². The van der Waals surface area contributed by atoms with Crippen LogP contribution in [0.5, 0.6) is 0 Å². The first-order valence-electron chi connectivity index (χ1n) is 37.9. The highest BCUT2D eigenvalue weighted by molar-refractivity contribution is 5.51. The molecule has 24 heteroatoms. The smallest absolute Gasteiger partial charge is 0.254 e. The number of nitrogens with zero attached hydrogens (tertiary/aromatic N) is 12. The molecule has 0 bridgehead atoms. The van der Waals surface area contributed by atoms with Crippen LogP contribution in [0.25, 0.3) is 0 Å². The van der Waals surface area contributed by atoms with Crippen molar-refractivity contribution in [3.63, 3.8) is 0 Å². The number of hydrogen-bond acceptors (Lipinski definition) is 20. The van der Waals surface area contributed by atoms with Crippen LogP contribution in [-0.2, 0) is 44.6 Å². The van der Waals surface area contributed by atoms with Crippen molar-refractivity contribution >= 4 is 47.1 Å². The van der Waals surface area contributed by atoms with Gasteiger partial charge in [-0.1, -0.05) is 121 Å². The molecule has 8 aliphatic rings. The second-order valence-corrected chi connectivity index (χ2v) is 28.9. The summed E-state index contributed by atoms with van der Waals surface area (Å²) in [4.78, 5) is 98.1. The zero-order valence-corrected chi connectivity index (χ0v) is 60.9. The van der Waals surface area contributed by atoms with Gasteiger partial charge in [-0.25, -0.2) is 0 Å². The number of H-pyrrole nitrogens is 4. The highest BCUT2D eigenvalue weighted by Gasteiger charge is 2.34. The SMILES string of the molecule is C[C@@H]1COCCN1c1cc(=O)[nH]c(N2CCC[C@@H]2Cc2ccccc2)n1.C[C@@H]1COCCN1c1cc(=O)[nH]c(N2CCC[C@H]2Cc2ccccc2)n1.C[C@H]1COCCN1c1cc(=O)[nH]c(N2CCC[C@@H]2Cc2ccccc2)n1.C[C@H]1COCCN1c1cc(=O)[nH]c(N2CCC[C@H]2Cc2ccccc2)n1. The number of anilines is 8. The van der Waals surface area contributed by atoms with Crippen LogP contribution in [-0.4, -0.2) is 193 Å². The molecule has 0 unspecified atom stereocenters. The van der Waals surface area contributed by atoms with Gasteiger partial charge in [0, 0.05) is 101 Å². The van der Waals surface area contributed by atoms with Crippen molar-refractivity contribution < 1.29 is 18.9 Å². The normalized spacial score (nSPS) is 23.4. The summed E-state index contributed by atoms with van der Waals surface area (Å²) in [6, 6.07) is 50.9. The van der Waals surface area contributed by atoms with Crippen LogP contribution >= 0.6 is 0 Å². The largest absolute Gasteiger partial charge is 0.377 e. The van der Waals surface area contributed by atoms with E-state index >= 15 is 0 Å². The first kappa shape index (κ1) is 73.0. The average molecular weight is 1420 g/mol. The van der Waals surface area contributed by atoms with E-state index in [2.05, 4.69) is 184 Å². The standard InChI is InChI=1S/4C20H26N4O2/c4*1-15-14-26-11-10-23(15)18-13-19(25)22-20(21-18)24-9-5-8-17(24)12-16-6-3-2-4-7-16/h4*2-4,6-7,13,15,17H,5,8-12,14H2,1H3,(H,21,22,25)/t2*15-,17+;2*15-,17-/m1010/s1. The lowest BCUT2D eigenvalue weighted by molar-refractivity contribution is 0.0985. The molecule has 4 aromatic carbocycles. The minimum atomic E-state index is -0.0888. The van der Waals surface area contributed by atoms with Gasteiger partial charge in [0.15, 0.2) is 0 Å². The Balaban J connectivity index is 0.000000123. The molecule has 0 amide bonds. The average Bonchev–Trinajstić information content (AvgIpc) is 1.47. The van der Waals surface area contributed by atoms with E-state index < -0.39 is 0 Å². The maximum Gasteiger partial charge on any atom is 0.254 e. The number of rotatable bonds is 16. The van der Waals surface area contributed by atoms with Crippen molar-refractivity contribution in [1.82, 2.24) is 39.9 Å². The van der Waals surface area contributed by atoms with Gasteiger partial charge in [0.05, 0.1) is 77.0 Å². The summed E-state index contributed by atoms with van der Waals surface area (Å²) in [5, 5.41) is 0. The molecule has 4 N–H and O–H groups in total. The highest BCUT2D eigenvalue weighted by Crippen LogP contribution is 2.32. The van der Waals surface area contributed by atoms with Gasteiger partial charge in [-0.2, -0.15) is 19.9 Å². The van der Waals surface area contributed by atoms with Crippen molar-refractivity contribution in [2.24, 2.45) is 0 Å². The third-order valence-electron chi connectivity index (χ3n) is 21.4. The van der Waals surface area contributed by atoms with Gasteiger partial charge in [-0.05, 0) is 127 Å². The quantitative estimate of drug-likeness (QED) is 0.0705. The fraction of sp³-hybridized carbons (Fsp3) is 0.500. The Hall–Kier alpha value is -9.36. The van der Waals surface area contributed by atoms with Crippen molar-refractivity contribution in [3.8, 4) is 0 Å². The van der Waals surface area contributed by atoms with Crippen molar-refractivity contribution in [3.05, 3.63) is 209 Å². The summed E-state index contributed by atoms with van der Waals surface area (Å²) >= 11 is 0. The predicted octanol–water partition coefficient (Wildman–Crippen LogP) is 8.83. The van der Waals surface area contributed by atoms with Gasteiger partial charge < -0.3 is 58.1 Å². The molecule has 0 radical (unpaired) electrons. The second kappa shape index (κ2) is 35.4. The van der Waals surface area contributed by atoms with Gasteiger partial charge in [-0.15, -0.1) is 0 Å². The second-order valence-electron chi connectivity index (χ2n) is 28.9. The lowest BCUT2D eigenvalue weighted by atomic mass is 10.0. The number of aromatic amines is 4. The van der Waals surface area contributed by atoms with E-state index in [-0.39, 0.29) is 46.4 Å². The maximum atomic E-state index is 12.3. The van der Waals surface area contributed by atoms with Crippen molar-refractivity contribution in [2.45, 2.75) is 153 Å². The fourth-order valence-electron chi connectivity index (χ4n) is 16.0. The van der Waals surface area contributed by atoms with Crippen LogP contribution in [0, 0.1) is 0 Å². The molecular weight excluding hydrogens is 1310 g/mol. The molecule has 0 spiro atoms. The summed E-state index contributed by atoms with van der Waals surface area (Å²) in [5.41, 5.74) is 4.94. The van der Waals surface area contributed by atoms with E-state index in [0.29, 0.717) is 101 Å². The first-order chi connectivity index (χ1) is 50.8. The minimum absolute atomic E-state index is 0.0888. The molecule has 4 aromatic heterocycles. The van der Waals surface area contributed by atoms with Crippen molar-refractivity contribution in [1.29, 1.82) is 0 Å². The molecule has 552 valence electrons. The van der Waals surface area contributed by atoms with Gasteiger partial charge in [-0.3, -0.25) is 39.1 Å². The Morgan fingerprint density at radius 2 is 0.519 bits per heavy atom. The Morgan fingerprint density at radius 1 is 0.308 bits per heavy atom. The number of aromatic nitrogens is 8. The van der Waals surface area contributed by atoms with E-state index in [1.807, 2.05) is 24.3 Å². The molecule has 8 saturated heterocycles. The molecular formula is C80H104N16O8. The summed E-state index contributed by atoms with van der Waals surface area (Å²) < 4.78 is 22.0. The molecule has 8 aliphatic heterocycles. The first-order valence-corrected chi connectivity index (χ1v) is 37.9. The molecule has 8 aromatic rings. The van der Waals surface area contributed by atoms with E-state index in [4.69, 9.17) is 38.9 Å². The highest BCUT2D eigenvalue weighted by atomic mass is 16.5. The molecule has 104 heavy (non-hydrogen) atoms. The molecule has 8 fully saturated rings. The van der Waals surface area contributed by atoms with E-state index in [0.717, 1.165) is 153 Å². The molecule has 24 nitrogen and oxygen atoms in total. The predicted molar refractivity (Wildman–Crippen MR) is 412 cm³/mol. The summed E-state index contributed by atoms with van der Waals surface area (Å²) in [6.07, 6.45) is 12.9. The zero-order valence-electron chi connectivity index (χ0n) is 60.9. The van der Waals surface area contributed by atoms with Crippen molar-refractivity contribution in [2.75, 3.05) is 144 Å². The lowest BCUT2D eigenvalue weighted by Gasteiger charge is -2.35. The zero-order chi connectivity index (χ0) is 71.7. The van der Waals surface area contributed by atoms with Crippen LogP contribution < -0.4 is 61.4 Å². The van der Waals surface area contributed by atoms with Crippen LogP contribution in [0.2, 0.25) is 0 Å². The number of benzene rings is 4. The van der Waals surface area contributed by atoms with E-state index in [1.54, 1.807) is 24.3 Å². The van der Waals surface area contributed by atoms with Crippen LogP contribution in [0.15, 0.2) is 165 Å². The molecule has 12 heterocycles. The monoisotopic (exact) mass is 1420 g/mol. The maximum absolute atomic E-state index is 12.3. The Morgan fingerprint density at radius 3 is 0.721 bits per heavy atom. The minimum Gasteiger partial charge on any atom is -0.377 e. The molecule has 0 aliphatic carbocycles. The molecule has 0 saturated carbocycles. The number of morpholine rings is 4. The van der Waals surface area contributed by atoms with Crippen LogP contribution in [0.4, 0.5) is 47.1 Å². The number of hydrogen-bond donors (Lipinski definition) is 4. The Bertz CT molecular complexity index is 3710.